The Morgan fingerprint density at radius 1 is 1.24 bits per heavy atom. The molecule has 0 spiro atoms. The van der Waals surface area contributed by atoms with E-state index in [1.54, 1.807) is 18.5 Å². The minimum Gasteiger partial charge on any atom is -0.383 e. The van der Waals surface area contributed by atoms with Crippen LogP contribution in [0.25, 0.3) is 0 Å². The number of anilines is 1. The van der Waals surface area contributed by atoms with Crippen molar-refractivity contribution in [1.82, 2.24) is 10.3 Å². The number of aromatic nitrogens is 1. The van der Waals surface area contributed by atoms with Crippen LogP contribution in [-0.4, -0.2) is 23.5 Å². The molecule has 1 aromatic heterocycles. The van der Waals surface area contributed by atoms with Crippen LogP contribution in [0.15, 0.2) is 42.7 Å². The predicted molar refractivity (Wildman–Crippen MR) is 83.5 cm³/mol. The molecule has 0 atom stereocenters. The fourth-order valence-corrected chi connectivity index (χ4v) is 2.85. The summed E-state index contributed by atoms with van der Waals surface area (Å²) in [6.45, 7) is 2.77. The van der Waals surface area contributed by atoms with E-state index in [0.717, 1.165) is 25.1 Å². The van der Waals surface area contributed by atoms with E-state index in [4.69, 9.17) is 0 Å². The summed E-state index contributed by atoms with van der Waals surface area (Å²) in [5, 5.41) is 6.31. The first-order chi connectivity index (χ1) is 10.3. The van der Waals surface area contributed by atoms with Crippen LogP contribution >= 0.6 is 0 Å². The zero-order valence-electron chi connectivity index (χ0n) is 12.1. The van der Waals surface area contributed by atoms with E-state index < -0.39 is 0 Å². The summed E-state index contributed by atoms with van der Waals surface area (Å²) in [7, 11) is 0. The van der Waals surface area contributed by atoms with Gasteiger partial charge < -0.3 is 10.6 Å². The summed E-state index contributed by atoms with van der Waals surface area (Å²) in [4.78, 5) is 16.5. The fraction of sp³-hybridized carbons (Fsp3) is 0.294. The average molecular weight is 281 g/mol. The normalized spacial score (nSPS) is 13.8. The van der Waals surface area contributed by atoms with E-state index in [1.807, 2.05) is 6.92 Å². The molecule has 1 amide bonds. The van der Waals surface area contributed by atoms with Gasteiger partial charge in [-0.3, -0.25) is 9.78 Å². The van der Waals surface area contributed by atoms with Gasteiger partial charge in [-0.15, -0.1) is 0 Å². The van der Waals surface area contributed by atoms with Crippen LogP contribution in [0, 0.1) is 0 Å². The minimum absolute atomic E-state index is 0.0360. The highest BCUT2D eigenvalue weighted by atomic mass is 16.1. The number of benzene rings is 1. The van der Waals surface area contributed by atoms with Crippen molar-refractivity contribution >= 4 is 11.6 Å². The summed E-state index contributed by atoms with van der Waals surface area (Å²) in [6.07, 6.45) is 5.16. The number of nitrogens with zero attached hydrogens (tertiary/aromatic N) is 1. The molecule has 0 unspecified atom stereocenters. The van der Waals surface area contributed by atoms with Crippen molar-refractivity contribution in [1.29, 1.82) is 0 Å². The molecule has 0 saturated carbocycles. The number of amides is 1. The molecule has 2 aromatic rings. The third-order valence-electron chi connectivity index (χ3n) is 3.82. The maximum absolute atomic E-state index is 12.5. The number of hydrogen-bond donors (Lipinski definition) is 2. The third-order valence-corrected chi connectivity index (χ3v) is 3.82. The zero-order valence-corrected chi connectivity index (χ0v) is 12.1. The fourth-order valence-electron chi connectivity index (χ4n) is 2.85. The number of pyridine rings is 1. The molecule has 2 N–H and O–H groups in total. The average Bonchev–Trinajstić information content (AvgIpc) is 2.90. The number of carbonyl (C=O) groups is 1. The number of hydrogen-bond acceptors (Lipinski definition) is 3. The zero-order chi connectivity index (χ0) is 14.7. The Labute approximate surface area is 124 Å². The van der Waals surface area contributed by atoms with E-state index >= 15 is 0 Å². The van der Waals surface area contributed by atoms with Crippen LogP contribution < -0.4 is 10.6 Å². The third kappa shape index (κ3) is 2.89. The molecule has 4 heteroatoms. The molecule has 0 aliphatic heterocycles. The molecular weight excluding hydrogens is 262 g/mol. The van der Waals surface area contributed by atoms with Gasteiger partial charge in [0.2, 0.25) is 0 Å². The van der Waals surface area contributed by atoms with Crippen molar-refractivity contribution < 1.29 is 4.79 Å². The molecule has 4 nitrogen and oxygen atoms in total. The van der Waals surface area contributed by atoms with Gasteiger partial charge in [-0.25, -0.2) is 0 Å². The maximum atomic E-state index is 12.5. The van der Waals surface area contributed by atoms with Crippen LogP contribution in [0.4, 0.5) is 5.69 Å². The number of rotatable bonds is 4. The van der Waals surface area contributed by atoms with Crippen LogP contribution in [0.2, 0.25) is 0 Å². The Hall–Kier alpha value is -2.36. The molecule has 0 radical (unpaired) electrons. The Morgan fingerprint density at radius 2 is 1.95 bits per heavy atom. The van der Waals surface area contributed by atoms with Gasteiger partial charge in [0.05, 0.1) is 17.4 Å². The smallest absolute Gasteiger partial charge is 0.253 e. The Balaban J connectivity index is 1.71. The molecule has 1 heterocycles. The van der Waals surface area contributed by atoms with Gasteiger partial charge in [-0.05, 0) is 37.0 Å². The van der Waals surface area contributed by atoms with E-state index in [9.17, 15) is 4.79 Å². The van der Waals surface area contributed by atoms with Gasteiger partial charge in [0.25, 0.3) is 5.91 Å². The largest absolute Gasteiger partial charge is 0.383 e. The van der Waals surface area contributed by atoms with Gasteiger partial charge in [0.15, 0.2) is 0 Å². The second kappa shape index (κ2) is 5.95. The van der Waals surface area contributed by atoms with Gasteiger partial charge in [-0.2, -0.15) is 0 Å². The van der Waals surface area contributed by atoms with Gasteiger partial charge in [0.1, 0.15) is 0 Å². The highest BCUT2D eigenvalue weighted by molar-refractivity contribution is 5.99. The van der Waals surface area contributed by atoms with Crippen molar-refractivity contribution in [2.45, 2.75) is 25.8 Å². The van der Waals surface area contributed by atoms with Gasteiger partial charge in [0, 0.05) is 18.8 Å². The molecule has 1 aliphatic carbocycles. The second-order valence-electron chi connectivity index (χ2n) is 5.30. The van der Waals surface area contributed by atoms with E-state index in [0.29, 0.717) is 5.56 Å². The molecule has 1 aromatic carbocycles. The molecule has 0 fully saturated rings. The molecule has 0 bridgehead atoms. The summed E-state index contributed by atoms with van der Waals surface area (Å²) in [5.41, 5.74) is 4.12. The van der Waals surface area contributed by atoms with Gasteiger partial charge in [-0.1, -0.05) is 24.3 Å². The van der Waals surface area contributed by atoms with Crippen molar-refractivity contribution in [3.63, 3.8) is 0 Å². The molecule has 3 rings (SSSR count). The molecule has 1 aliphatic rings. The van der Waals surface area contributed by atoms with Crippen molar-refractivity contribution in [2.24, 2.45) is 0 Å². The SMILES string of the molecule is CCNc1cnccc1C(=O)NC1Cc2ccccc2C1. The summed E-state index contributed by atoms with van der Waals surface area (Å²) < 4.78 is 0. The number of fused-ring (bicyclic) bond motifs is 1. The molecule has 0 saturated heterocycles. The first kappa shape index (κ1) is 13.6. The first-order valence-corrected chi connectivity index (χ1v) is 7.33. The molecular formula is C17H19N3O. The van der Waals surface area contributed by atoms with Crippen molar-refractivity contribution in [3.8, 4) is 0 Å². The lowest BCUT2D eigenvalue weighted by Crippen LogP contribution is -2.35. The monoisotopic (exact) mass is 281 g/mol. The van der Waals surface area contributed by atoms with Crippen LogP contribution in [0.1, 0.15) is 28.4 Å². The topological polar surface area (TPSA) is 54.0 Å². The Morgan fingerprint density at radius 3 is 2.62 bits per heavy atom. The van der Waals surface area contributed by atoms with Gasteiger partial charge >= 0.3 is 0 Å². The quantitative estimate of drug-likeness (QED) is 0.905. The highest BCUT2D eigenvalue weighted by Crippen LogP contribution is 2.22. The summed E-state index contributed by atoms with van der Waals surface area (Å²) in [5.74, 6) is -0.0360. The highest BCUT2D eigenvalue weighted by Gasteiger charge is 2.23. The summed E-state index contributed by atoms with van der Waals surface area (Å²) >= 11 is 0. The van der Waals surface area contributed by atoms with E-state index in [2.05, 4.69) is 39.9 Å². The maximum Gasteiger partial charge on any atom is 0.253 e. The Kier molecular flexibility index (Phi) is 3.86. The first-order valence-electron chi connectivity index (χ1n) is 7.33. The number of nitrogens with one attached hydrogen (secondary N) is 2. The Bertz CT molecular complexity index is 629. The summed E-state index contributed by atoms with van der Waals surface area (Å²) in [6, 6.07) is 10.3. The van der Waals surface area contributed by atoms with Crippen molar-refractivity contribution in [2.75, 3.05) is 11.9 Å². The number of carbonyl (C=O) groups excluding carboxylic acids is 1. The van der Waals surface area contributed by atoms with Crippen LogP contribution in [0.5, 0.6) is 0 Å². The minimum atomic E-state index is -0.0360. The van der Waals surface area contributed by atoms with Crippen LogP contribution in [0.3, 0.4) is 0 Å². The van der Waals surface area contributed by atoms with E-state index in [-0.39, 0.29) is 11.9 Å². The van der Waals surface area contributed by atoms with Crippen LogP contribution in [-0.2, 0) is 12.8 Å². The molecule has 21 heavy (non-hydrogen) atoms. The predicted octanol–water partition coefficient (Wildman–Crippen LogP) is 2.41. The molecule has 108 valence electrons. The standard InChI is InChI=1S/C17H19N3O/c1-2-19-16-11-18-8-7-15(16)17(21)20-14-9-12-5-3-4-6-13(12)10-14/h3-8,11,14,19H,2,9-10H2,1H3,(H,20,21). The lowest BCUT2D eigenvalue weighted by Gasteiger charge is -2.14. The lowest BCUT2D eigenvalue weighted by atomic mass is 10.1. The second-order valence-corrected chi connectivity index (χ2v) is 5.30. The lowest BCUT2D eigenvalue weighted by molar-refractivity contribution is 0.0939. The van der Waals surface area contributed by atoms with Crippen molar-refractivity contribution in [3.05, 3.63) is 59.4 Å². The van der Waals surface area contributed by atoms with E-state index in [1.165, 1.54) is 11.1 Å².